The van der Waals surface area contributed by atoms with Crippen LogP contribution in [0.2, 0.25) is 0 Å². The van der Waals surface area contributed by atoms with E-state index in [4.69, 9.17) is 0 Å². The number of anilines is 1. The van der Waals surface area contributed by atoms with Gasteiger partial charge in [0.25, 0.3) is 0 Å². The Bertz CT molecular complexity index is 571. The van der Waals surface area contributed by atoms with Gasteiger partial charge in [-0.2, -0.15) is 0 Å². The second kappa shape index (κ2) is 5.85. The molecular weight excluding hydrogens is 246 g/mol. The van der Waals surface area contributed by atoms with Crippen LogP contribution in [-0.2, 0) is 11.3 Å². The Kier molecular flexibility index (Phi) is 3.97. The molecule has 0 aliphatic carbocycles. The maximum absolute atomic E-state index is 11.5. The predicted octanol–water partition coefficient (Wildman–Crippen LogP) is 0.974. The van der Waals surface area contributed by atoms with Crippen molar-refractivity contribution < 1.29 is 9.53 Å². The normalized spacial score (nSPS) is 10.0. The third-order valence-corrected chi connectivity index (χ3v) is 2.39. The molecule has 2 aromatic heterocycles. The van der Waals surface area contributed by atoms with Crippen molar-refractivity contribution in [2.45, 2.75) is 13.5 Å². The molecule has 2 rings (SSSR count). The highest BCUT2D eigenvalue weighted by atomic mass is 16.5. The Hall–Kier alpha value is -2.57. The van der Waals surface area contributed by atoms with Crippen molar-refractivity contribution in [2.75, 3.05) is 12.4 Å². The second-order valence-corrected chi connectivity index (χ2v) is 3.78. The molecule has 0 fully saturated rings. The molecular formula is C12H13N5O2. The summed E-state index contributed by atoms with van der Waals surface area (Å²) >= 11 is 0. The summed E-state index contributed by atoms with van der Waals surface area (Å²) in [6, 6.07) is 0. The molecule has 0 amide bonds. The molecule has 0 aliphatic rings. The summed E-state index contributed by atoms with van der Waals surface area (Å²) in [5.41, 5.74) is 1.88. The third kappa shape index (κ3) is 3.21. The molecule has 7 heteroatoms. The molecule has 0 atom stereocenters. The molecule has 7 nitrogen and oxygen atoms in total. The van der Waals surface area contributed by atoms with Crippen LogP contribution in [0.4, 0.5) is 5.82 Å². The maximum atomic E-state index is 11.5. The Morgan fingerprint density at radius 1 is 1.26 bits per heavy atom. The van der Waals surface area contributed by atoms with Crippen molar-refractivity contribution in [3.8, 4) is 0 Å². The number of rotatable bonds is 4. The molecule has 98 valence electrons. The van der Waals surface area contributed by atoms with Gasteiger partial charge in [0.05, 0.1) is 31.2 Å². The first-order chi connectivity index (χ1) is 9.20. The average molecular weight is 259 g/mol. The molecule has 2 heterocycles. The lowest BCUT2D eigenvalue weighted by molar-refractivity contribution is 0.0601. The Labute approximate surface area is 110 Å². The van der Waals surface area contributed by atoms with E-state index in [1.807, 2.05) is 6.92 Å². The van der Waals surface area contributed by atoms with Crippen LogP contribution in [0, 0.1) is 6.92 Å². The number of aromatic nitrogens is 4. The zero-order valence-electron chi connectivity index (χ0n) is 10.6. The number of carbonyl (C=O) groups is 1. The largest absolute Gasteiger partial charge is 0.465 e. The summed E-state index contributed by atoms with van der Waals surface area (Å²) in [4.78, 5) is 27.7. The van der Waals surface area contributed by atoms with Gasteiger partial charge in [-0.25, -0.2) is 14.8 Å². The van der Waals surface area contributed by atoms with E-state index in [1.54, 1.807) is 12.4 Å². The van der Waals surface area contributed by atoms with Crippen molar-refractivity contribution in [2.24, 2.45) is 0 Å². The summed E-state index contributed by atoms with van der Waals surface area (Å²) in [5.74, 6) is -0.0812. The first kappa shape index (κ1) is 12.9. The molecule has 0 aromatic carbocycles. The minimum Gasteiger partial charge on any atom is -0.465 e. The van der Waals surface area contributed by atoms with Gasteiger partial charge in [0.1, 0.15) is 17.7 Å². The fraction of sp³-hybridized carbons (Fsp3) is 0.250. The minimum atomic E-state index is -0.488. The van der Waals surface area contributed by atoms with Crippen LogP contribution in [0.15, 0.2) is 24.9 Å². The molecule has 0 spiro atoms. The molecule has 0 unspecified atom stereocenters. The highest BCUT2D eigenvalue weighted by molar-refractivity contribution is 5.94. The van der Waals surface area contributed by atoms with Crippen molar-refractivity contribution in [3.63, 3.8) is 0 Å². The third-order valence-electron chi connectivity index (χ3n) is 2.39. The zero-order chi connectivity index (χ0) is 13.7. The fourth-order valence-electron chi connectivity index (χ4n) is 1.41. The van der Waals surface area contributed by atoms with Crippen LogP contribution < -0.4 is 5.32 Å². The van der Waals surface area contributed by atoms with Gasteiger partial charge in [-0.3, -0.25) is 9.97 Å². The summed E-state index contributed by atoms with van der Waals surface area (Å²) < 4.78 is 4.66. The Morgan fingerprint density at radius 2 is 2.11 bits per heavy atom. The van der Waals surface area contributed by atoms with E-state index in [9.17, 15) is 4.79 Å². The first-order valence-electron chi connectivity index (χ1n) is 5.60. The van der Waals surface area contributed by atoms with E-state index in [0.29, 0.717) is 12.4 Å². The Balaban J connectivity index is 2.11. The number of hydrogen-bond donors (Lipinski definition) is 1. The van der Waals surface area contributed by atoms with Crippen molar-refractivity contribution in [1.29, 1.82) is 0 Å². The number of hydrogen-bond acceptors (Lipinski definition) is 7. The molecule has 19 heavy (non-hydrogen) atoms. The first-order valence-corrected chi connectivity index (χ1v) is 5.60. The highest BCUT2D eigenvalue weighted by Gasteiger charge is 2.12. The van der Waals surface area contributed by atoms with E-state index >= 15 is 0 Å². The average Bonchev–Trinajstić information content (AvgIpc) is 2.46. The van der Waals surface area contributed by atoms with Gasteiger partial charge in [-0.1, -0.05) is 0 Å². The van der Waals surface area contributed by atoms with Gasteiger partial charge in [0, 0.05) is 12.4 Å². The molecule has 0 radical (unpaired) electrons. The van der Waals surface area contributed by atoms with Crippen molar-refractivity contribution in [3.05, 3.63) is 41.9 Å². The lowest BCUT2D eigenvalue weighted by Crippen LogP contribution is -2.11. The monoisotopic (exact) mass is 259 g/mol. The lowest BCUT2D eigenvalue weighted by Gasteiger charge is -2.08. The van der Waals surface area contributed by atoms with Gasteiger partial charge in [0.15, 0.2) is 0 Å². The maximum Gasteiger partial charge on any atom is 0.343 e. The lowest BCUT2D eigenvalue weighted by atomic mass is 10.3. The quantitative estimate of drug-likeness (QED) is 0.818. The van der Waals surface area contributed by atoms with Gasteiger partial charge in [-0.15, -0.1) is 0 Å². The molecule has 0 bridgehead atoms. The predicted molar refractivity (Wildman–Crippen MR) is 67.5 cm³/mol. The topological polar surface area (TPSA) is 89.9 Å². The summed E-state index contributed by atoms with van der Waals surface area (Å²) in [6.07, 6.45) is 6.11. The van der Waals surface area contributed by atoms with E-state index in [0.717, 1.165) is 11.4 Å². The summed E-state index contributed by atoms with van der Waals surface area (Å²) in [7, 11) is 1.31. The highest BCUT2D eigenvalue weighted by Crippen LogP contribution is 2.12. The van der Waals surface area contributed by atoms with Gasteiger partial charge in [-0.05, 0) is 6.92 Å². The van der Waals surface area contributed by atoms with Crippen LogP contribution in [0.3, 0.4) is 0 Å². The van der Waals surface area contributed by atoms with Gasteiger partial charge in [0.2, 0.25) is 0 Å². The molecule has 1 N–H and O–H groups in total. The van der Waals surface area contributed by atoms with Crippen LogP contribution in [-0.4, -0.2) is 33.0 Å². The van der Waals surface area contributed by atoms with E-state index in [2.05, 4.69) is 30.0 Å². The number of aryl methyl sites for hydroxylation is 1. The van der Waals surface area contributed by atoms with E-state index in [-0.39, 0.29) is 5.56 Å². The fourth-order valence-corrected chi connectivity index (χ4v) is 1.41. The number of methoxy groups -OCH3 is 1. The summed E-state index contributed by atoms with van der Waals surface area (Å²) in [5, 5.41) is 3.01. The van der Waals surface area contributed by atoms with Crippen molar-refractivity contribution >= 4 is 11.8 Å². The van der Waals surface area contributed by atoms with Crippen molar-refractivity contribution in [1.82, 2.24) is 19.9 Å². The zero-order valence-corrected chi connectivity index (χ0v) is 10.6. The molecule has 0 saturated heterocycles. The smallest absolute Gasteiger partial charge is 0.343 e. The number of carbonyl (C=O) groups excluding carboxylic acids is 1. The Morgan fingerprint density at radius 3 is 2.79 bits per heavy atom. The molecule has 0 aliphatic heterocycles. The summed E-state index contributed by atoms with van der Waals surface area (Å²) in [6.45, 7) is 2.28. The van der Waals surface area contributed by atoms with Crippen LogP contribution in [0.1, 0.15) is 21.7 Å². The van der Waals surface area contributed by atoms with Crippen LogP contribution >= 0.6 is 0 Å². The van der Waals surface area contributed by atoms with Gasteiger partial charge < -0.3 is 10.1 Å². The van der Waals surface area contributed by atoms with Crippen LogP contribution in [0.5, 0.6) is 0 Å². The van der Waals surface area contributed by atoms with E-state index in [1.165, 1.54) is 19.6 Å². The number of esters is 1. The minimum absolute atomic E-state index is 0.282. The van der Waals surface area contributed by atoms with E-state index < -0.39 is 5.97 Å². The van der Waals surface area contributed by atoms with Crippen LogP contribution in [0.25, 0.3) is 0 Å². The SMILES string of the molecule is COC(=O)c1cncnc1NCc1cnc(C)cn1. The number of nitrogens with zero attached hydrogens (tertiary/aromatic N) is 4. The second-order valence-electron chi connectivity index (χ2n) is 3.78. The molecule has 0 saturated carbocycles. The standard InChI is InChI=1S/C12H13N5O2/c1-8-3-15-9(4-14-8)5-16-11-10(12(18)19-2)6-13-7-17-11/h3-4,6-7H,5H2,1-2H3,(H,13,16,17). The number of nitrogens with one attached hydrogen (secondary N) is 1. The molecule has 2 aromatic rings. The number of ether oxygens (including phenoxy) is 1. The van der Waals surface area contributed by atoms with Gasteiger partial charge >= 0.3 is 5.97 Å².